The number of ether oxygens (including phenoxy) is 1. The second kappa shape index (κ2) is 13.5. The van der Waals surface area contributed by atoms with Gasteiger partial charge in [-0.3, -0.25) is 19.5 Å². The van der Waals surface area contributed by atoms with E-state index in [2.05, 4.69) is 42.4 Å². The highest BCUT2D eigenvalue weighted by Crippen LogP contribution is 2.32. The van der Waals surface area contributed by atoms with E-state index in [4.69, 9.17) is 9.26 Å². The average Bonchev–Trinajstić information content (AvgIpc) is 3.53. The third-order valence-corrected chi connectivity index (χ3v) is 7.82. The highest BCUT2D eigenvalue weighted by molar-refractivity contribution is 5.90. The van der Waals surface area contributed by atoms with Gasteiger partial charge in [0.15, 0.2) is 0 Å². The summed E-state index contributed by atoms with van der Waals surface area (Å²) in [6, 6.07) is 8.26. The van der Waals surface area contributed by atoms with Gasteiger partial charge in [0.25, 0.3) is 11.7 Å². The van der Waals surface area contributed by atoms with Crippen LogP contribution in [-0.2, 0) is 21.5 Å². The Kier molecular flexibility index (Phi) is 9.52. The lowest BCUT2D eigenvalue weighted by molar-refractivity contribution is -0.126. The van der Waals surface area contributed by atoms with E-state index < -0.39 is 0 Å². The van der Waals surface area contributed by atoms with Gasteiger partial charge < -0.3 is 24.4 Å². The predicted molar refractivity (Wildman–Crippen MR) is 164 cm³/mol. The number of carbonyl (C=O) groups excluding carboxylic acids is 2. The molecular formula is C32H41N7O4. The van der Waals surface area contributed by atoms with Crippen molar-refractivity contribution >= 4 is 17.5 Å². The number of piperazine rings is 1. The molecule has 43 heavy (non-hydrogen) atoms. The SMILES string of the molecule is Cc1cc(-c2ccncc2N2CCN(C(=O)/C=C/CN3CCOCC3)CC2)ccc1CNC(=O)c1noc(C(C)(C)C)n1. The van der Waals surface area contributed by atoms with Crippen molar-refractivity contribution in [3.8, 4) is 11.1 Å². The summed E-state index contributed by atoms with van der Waals surface area (Å²) in [7, 11) is 0. The molecule has 0 saturated carbocycles. The molecule has 0 unspecified atom stereocenters. The van der Waals surface area contributed by atoms with E-state index in [0.29, 0.717) is 25.5 Å². The third-order valence-electron chi connectivity index (χ3n) is 7.82. The van der Waals surface area contributed by atoms with E-state index in [-0.39, 0.29) is 23.1 Å². The van der Waals surface area contributed by atoms with Crippen LogP contribution in [0.3, 0.4) is 0 Å². The normalized spacial score (nSPS) is 16.6. The first-order valence-corrected chi connectivity index (χ1v) is 14.9. The lowest BCUT2D eigenvalue weighted by Crippen LogP contribution is -2.48. The second-order valence-electron chi connectivity index (χ2n) is 12.0. The maximum absolute atomic E-state index is 12.8. The molecule has 2 saturated heterocycles. The molecule has 2 fully saturated rings. The van der Waals surface area contributed by atoms with Crippen LogP contribution in [0.4, 0.5) is 5.69 Å². The highest BCUT2D eigenvalue weighted by Gasteiger charge is 2.25. The number of aryl methyl sites for hydroxylation is 1. The van der Waals surface area contributed by atoms with Crippen molar-refractivity contribution in [2.24, 2.45) is 0 Å². The van der Waals surface area contributed by atoms with Crippen molar-refractivity contribution in [3.63, 3.8) is 0 Å². The van der Waals surface area contributed by atoms with Gasteiger partial charge >= 0.3 is 0 Å². The monoisotopic (exact) mass is 587 g/mol. The Hall–Kier alpha value is -4.09. The molecule has 11 nitrogen and oxygen atoms in total. The Bertz CT molecular complexity index is 1450. The van der Waals surface area contributed by atoms with Crippen molar-refractivity contribution in [3.05, 3.63) is 71.7 Å². The number of hydrogen-bond donors (Lipinski definition) is 1. The van der Waals surface area contributed by atoms with Gasteiger partial charge in [-0.1, -0.05) is 50.2 Å². The van der Waals surface area contributed by atoms with E-state index in [9.17, 15) is 9.59 Å². The summed E-state index contributed by atoms with van der Waals surface area (Å²) in [5, 5.41) is 6.73. The molecule has 5 rings (SSSR count). The van der Waals surface area contributed by atoms with E-state index in [1.807, 2.05) is 57.0 Å². The van der Waals surface area contributed by atoms with Gasteiger partial charge in [-0.25, -0.2) is 0 Å². The van der Waals surface area contributed by atoms with Crippen molar-refractivity contribution < 1.29 is 18.8 Å². The average molecular weight is 588 g/mol. The minimum atomic E-state index is -0.371. The minimum Gasteiger partial charge on any atom is -0.379 e. The Balaban J connectivity index is 1.18. The molecule has 3 aromatic rings. The number of morpholine rings is 1. The van der Waals surface area contributed by atoms with Crippen molar-refractivity contribution in [1.29, 1.82) is 0 Å². The van der Waals surface area contributed by atoms with Crippen LogP contribution in [0.5, 0.6) is 0 Å². The number of rotatable bonds is 8. The van der Waals surface area contributed by atoms with Crippen LogP contribution in [-0.4, -0.2) is 95.8 Å². The molecule has 228 valence electrons. The number of aromatic nitrogens is 3. The van der Waals surface area contributed by atoms with Gasteiger partial charge in [0.1, 0.15) is 0 Å². The molecule has 0 aliphatic carbocycles. The van der Waals surface area contributed by atoms with Gasteiger partial charge in [0, 0.05) is 75.6 Å². The lowest BCUT2D eigenvalue weighted by Gasteiger charge is -2.36. The van der Waals surface area contributed by atoms with Crippen LogP contribution in [0.1, 0.15) is 48.4 Å². The number of benzene rings is 1. The Morgan fingerprint density at radius 3 is 2.51 bits per heavy atom. The van der Waals surface area contributed by atoms with E-state index in [0.717, 1.165) is 73.9 Å². The standard InChI is InChI=1S/C32H41N7O4/c1-23-20-24(7-8-25(23)21-34-30(41)29-35-31(43-36-29)32(2,3)4)26-9-10-33-22-27(26)38-12-14-39(15-13-38)28(40)6-5-11-37-16-18-42-19-17-37/h5-10,20,22H,11-19,21H2,1-4H3,(H,34,41)/b6-5+. The Morgan fingerprint density at radius 1 is 1.05 bits per heavy atom. The molecular weight excluding hydrogens is 546 g/mol. The number of anilines is 1. The largest absolute Gasteiger partial charge is 0.379 e. The summed E-state index contributed by atoms with van der Waals surface area (Å²) in [5.41, 5.74) is 4.94. The first-order valence-electron chi connectivity index (χ1n) is 14.9. The Morgan fingerprint density at radius 2 is 1.81 bits per heavy atom. The zero-order valence-corrected chi connectivity index (χ0v) is 25.5. The molecule has 0 atom stereocenters. The van der Waals surface area contributed by atoms with Gasteiger partial charge in [-0.15, -0.1) is 0 Å². The lowest BCUT2D eigenvalue weighted by atomic mass is 9.97. The van der Waals surface area contributed by atoms with Gasteiger partial charge in [-0.2, -0.15) is 4.98 Å². The van der Waals surface area contributed by atoms with E-state index in [1.165, 1.54) is 0 Å². The fraction of sp³-hybridized carbons (Fsp3) is 0.469. The number of pyridine rings is 1. The first-order chi connectivity index (χ1) is 20.7. The van der Waals surface area contributed by atoms with Gasteiger partial charge in [0.05, 0.1) is 25.1 Å². The maximum atomic E-state index is 12.8. The van der Waals surface area contributed by atoms with Crippen molar-refractivity contribution in [1.82, 2.24) is 30.2 Å². The van der Waals surface area contributed by atoms with Crippen molar-refractivity contribution in [2.75, 3.05) is 63.9 Å². The number of nitrogens with zero attached hydrogens (tertiary/aromatic N) is 6. The molecule has 11 heteroatoms. The number of amides is 2. The third kappa shape index (κ3) is 7.66. The molecule has 0 bridgehead atoms. The second-order valence-corrected chi connectivity index (χ2v) is 12.0. The number of nitrogens with one attached hydrogen (secondary N) is 1. The highest BCUT2D eigenvalue weighted by atomic mass is 16.5. The molecule has 1 N–H and O–H groups in total. The van der Waals surface area contributed by atoms with E-state index >= 15 is 0 Å². The van der Waals surface area contributed by atoms with Crippen LogP contribution in [0.15, 0.2) is 53.3 Å². The Labute approximate surface area is 252 Å². The molecule has 2 amide bonds. The minimum absolute atomic E-state index is 0.0337. The summed E-state index contributed by atoms with van der Waals surface area (Å²) in [5.74, 6) is 0.151. The maximum Gasteiger partial charge on any atom is 0.292 e. The molecule has 2 aliphatic heterocycles. The van der Waals surface area contributed by atoms with Crippen LogP contribution < -0.4 is 10.2 Å². The first kappa shape index (κ1) is 30.4. The van der Waals surface area contributed by atoms with Crippen LogP contribution in [0, 0.1) is 6.92 Å². The zero-order valence-electron chi connectivity index (χ0n) is 25.5. The summed E-state index contributed by atoms with van der Waals surface area (Å²) in [6.07, 6.45) is 7.37. The van der Waals surface area contributed by atoms with Gasteiger partial charge in [0.2, 0.25) is 11.8 Å². The summed E-state index contributed by atoms with van der Waals surface area (Å²) >= 11 is 0. The molecule has 2 aromatic heterocycles. The predicted octanol–water partition coefficient (Wildman–Crippen LogP) is 3.20. The molecule has 4 heterocycles. The number of hydrogen-bond acceptors (Lipinski definition) is 9. The zero-order chi connectivity index (χ0) is 30.4. The summed E-state index contributed by atoms with van der Waals surface area (Å²) in [4.78, 5) is 40.5. The quantitative estimate of drug-likeness (QED) is 0.397. The number of carbonyl (C=O) groups is 2. The molecule has 2 aliphatic rings. The van der Waals surface area contributed by atoms with Gasteiger partial charge in [-0.05, 0) is 29.7 Å². The summed E-state index contributed by atoms with van der Waals surface area (Å²) < 4.78 is 10.6. The van der Waals surface area contributed by atoms with Crippen LogP contribution >= 0.6 is 0 Å². The fourth-order valence-electron chi connectivity index (χ4n) is 5.18. The van der Waals surface area contributed by atoms with Crippen LogP contribution in [0.2, 0.25) is 0 Å². The molecule has 0 spiro atoms. The smallest absolute Gasteiger partial charge is 0.292 e. The summed E-state index contributed by atoms with van der Waals surface area (Å²) in [6.45, 7) is 15.1. The molecule has 1 aromatic carbocycles. The molecule has 0 radical (unpaired) electrons. The van der Waals surface area contributed by atoms with Crippen LogP contribution in [0.25, 0.3) is 11.1 Å². The van der Waals surface area contributed by atoms with Crippen molar-refractivity contribution in [2.45, 2.75) is 39.7 Å². The van der Waals surface area contributed by atoms with E-state index in [1.54, 1.807) is 12.3 Å². The fourth-order valence-corrected chi connectivity index (χ4v) is 5.18. The topological polar surface area (TPSA) is 117 Å².